The van der Waals surface area contributed by atoms with Gasteiger partial charge >= 0.3 is 12.0 Å². The van der Waals surface area contributed by atoms with E-state index in [9.17, 15) is 18.0 Å². The highest BCUT2D eigenvalue weighted by atomic mass is 32.2. The maximum atomic E-state index is 12.3. The lowest BCUT2D eigenvalue weighted by atomic mass is 10.2. The zero-order valence-corrected chi connectivity index (χ0v) is 12.9. The zero-order chi connectivity index (χ0) is 16.3. The van der Waals surface area contributed by atoms with Gasteiger partial charge < -0.3 is 4.74 Å². The minimum absolute atomic E-state index is 0.147. The van der Waals surface area contributed by atoms with Crippen LogP contribution in [0.1, 0.15) is 23.7 Å². The van der Waals surface area contributed by atoms with E-state index in [1.54, 1.807) is 6.92 Å². The molecule has 0 saturated heterocycles. The Kier molecular flexibility index (Phi) is 4.45. The number of sulfonamides is 1. The number of hydrogen-bond acceptors (Lipinski definition) is 6. The summed E-state index contributed by atoms with van der Waals surface area (Å²) in [5.74, 6) is -0.802. The Morgan fingerprint density at radius 3 is 2.59 bits per heavy atom. The Morgan fingerprint density at radius 1 is 1.32 bits per heavy atom. The molecule has 0 atom stereocenters. The number of carbonyl (C=O) groups is 2. The van der Waals surface area contributed by atoms with Crippen LogP contribution in [-0.2, 0) is 14.8 Å². The molecule has 1 aromatic carbocycles. The smallest absolute Gasteiger partial charge is 0.351 e. The van der Waals surface area contributed by atoms with Gasteiger partial charge in [0.2, 0.25) is 0 Å². The number of benzene rings is 1. The lowest BCUT2D eigenvalue weighted by Crippen LogP contribution is -2.39. The number of urea groups is 1. The number of carbonyl (C=O) groups excluding carboxylic acids is 2. The van der Waals surface area contributed by atoms with E-state index in [1.165, 1.54) is 24.3 Å². The molecule has 118 valence electrons. The van der Waals surface area contributed by atoms with Crippen LogP contribution in [-0.4, -0.2) is 44.8 Å². The largest absolute Gasteiger partial charge is 0.465 e. The van der Waals surface area contributed by atoms with Crippen LogP contribution in [0.3, 0.4) is 0 Å². The van der Waals surface area contributed by atoms with Crippen molar-refractivity contribution in [3.05, 3.63) is 29.8 Å². The molecular weight excluding hydrogens is 310 g/mol. The first kappa shape index (κ1) is 16.0. The molecular formula is C13H15N3O5S. The predicted octanol–water partition coefficient (Wildman–Crippen LogP) is 0.953. The third-order valence-electron chi connectivity index (χ3n) is 3.01. The number of methoxy groups -OCH3 is 1. The van der Waals surface area contributed by atoms with Gasteiger partial charge in [0.25, 0.3) is 10.0 Å². The summed E-state index contributed by atoms with van der Waals surface area (Å²) in [6.45, 7) is 2.06. The Bertz CT molecular complexity index is 742. The molecule has 8 nitrogen and oxygen atoms in total. The fourth-order valence-corrected chi connectivity index (χ4v) is 3.07. The topological polar surface area (TPSA) is 105 Å². The minimum Gasteiger partial charge on any atom is -0.465 e. The fourth-order valence-electron chi connectivity index (χ4n) is 1.92. The van der Waals surface area contributed by atoms with E-state index in [1.807, 2.05) is 4.72 Å². The summed E-state index contributed by atoms with van der Waals surface area (Å²) >= 11 is 0. The second kappa shape index (κ2) is 6.14. The molecule has 0 spiro atoms. The lowest BCUT2D eigenvalue weighted by molar-refractivity contribution is 0.0596. The van der Waals surface area contributed by atoms with Gasteiger partial charge in [-0.15, -0.1) is 0 Å². The number of nitrogens with one attached hydrogen (secondary N) is 1. The van der Waals surface area contributed by atoms with E-state index >= 15 is 0 Å². The van der Waals surface area contributed by atoms with Gasteiger partial charge in [0.1, 0.15) is 4.90 Å². The molecule has 1 aliphatic heterocycles. The van der Waals surface area contributed by atoms with Gasteiger partial charge in [0.05, 0.1) is 19.2 Å². The van der Waals surface area contributed by atoms with Gasteiger partial charge in [0.15, 0.2) is 0 Å². The summed E-state index contributed by atoms with van der Waals surface area (Å²) in [5.41, 5.74) is 0.592. The molecule has 0 fully saturated rings. The molecule has 2 rings (SSSR count). The van der Waals surface area contributed by atoms with Crippen LogP contribution in [0, 0.1) is 0 Å². The van der Waals surface area contributed by atoms with Crippen LogP contribution in [0.5, 0.6) is 0 Å². The third-order valence-corrected chi connectivity index (χ3v) is 4.39. The molecule has 1 aliphatic rings. The Labute approximate surface area is 127 Å². The molecule has 22 heavy (non-hydrogen) atoms. The van der Waals surface area contributed by atoms with Crippen LogP contribution >= 0.6 is 0 Å². The average molecular weight is 325 g/mol. The Morgan fingerprint density at radius 2 is 2.00 bits per heavy atom. The number of hydrogen-bond donors (Lipinski definition) is 1. The minimum atomic E-state index is -4.21. The van der Waals surface area contributed by atoms with E-state index in [4.69, 9.17) is 0 Å². The highest BCUT2D eigenvalue weighted by molar-refractivity contribution is 7.90. The number of nitrogens with zero attached hydrogens (tertiary/aromatic N) is 2. The molecule has 0 aliphatic carbocycles. The normalized spacial score (nSPS) is 14.5. The van der Waals surface area contributed by atoms with Gasteiger partial charge in [0, 0.05) is 12.1 Å². The summed E-state index contributed by atoms with van der Waals surface area (Å²) in [7, 11) is -3.07. The maximum absolute atomic E-state index is 12.3. The first-order valence-electron chi connectivity index (χ1n) is 6.41. The molecule has 1 aromatic rings. The van der Waals surface area contributed by atoms with Crippen molar-refractivity contribution in [3.63, 3.8) is 0 Å². The number of hydrazone groups is 1. The van der Waals surface area contributed by atoms with Crippen molar-refractivity contribution in [1.82, 2.24) is 9.73 Å². The van der Waals surface area contributed by atoms with E-state index in [0.717, 1.165) is 17.8 Å². The van der Waals surface area contributed by atoms with Crippen LogP contribution < -0.4 is 4.72 Å². The second-order valence-electron chi connectivity index (χ2n) is 4.61. The van der Waals surface area contributed by atoms with Crippen molar-refractivity contribution in [2.45, 2.75) is 18.2 Å². The highest BCUT2D eigenvalue weighted by Crippen LogP contribution is 2.17. The summed E-state index contributed by atoms with van der Waals surface area (Å²) in [5, 5.41) is 4.96. The van der Waals surface area contributed by atoms with Gasteiger partial charge in [-0.25, -0.2) is 27.7 Å². The predicted molar refractivity (Wildman–Crippen MR) is 77.9 cm³/mol. The number of esters is 1. The van der Waals surface area contributed by atoms with Crippen LogP contribution in [0.25, 0.3) is 0 Å². The van der Waals surface area contributed by atoms with Crippen molar-refractivity contribution in [1.29, 1.82) is 0 Å². The van der Waals surface area contributed by atoms with Gasteiger partial charge in [-0.1, -0.05) is 12.1 Å². The molecule has 9 heteroatoms. The quantitative estimate of drug-likeness (QED) is 0.833. The van der Waals surface area contributed by atoms with Crippen molar-refractivity contribution in [3.8, 4) is 0 Å². The van der Waals surface area contributed by atoms with Crippen molar-refractivity contribution >= 4 is 27.7 Å². The number of amides is 2. The summed E-state index contributed by atoms with van der Waals surface area (Å²) < 4.78 is 31.1. The summed E-state index contributed by atoms with van der Waals surface area (Å²) in [4.78, 5) is 23.3. The zero-order valence-electron chi connectivity index (χ0n) is 12.1. The lowest BCUT2D eigenvalue weighted by Gasteiger charge is -2.14. The highest BCUT2D eigenvalue weighted by Gasteiger charge is 2.27. The van der Waals surface area contributed by atoms with Gasteiger partial charge in [-0.05, 0) is 19.1 Å². The molecule has 1 N–H and O–H groups in total. The van der Waals surface area contributed by atoms with E-state index < -0.39 is 22.0 Å². The molecule has 1 heterocycles. The average Bonchev–Trinajstić information content (AvgIpc) is 2.93. The fraction of sp³-hybridized carbons (Fsp3) is 0.308. The van der Waals surface area contributed by atoms with E-state index in [2.05, 4.69) is 9.84 Å². The Hall–Kier alpha value is -2.42. The van der Waals surface area contributed by atoms with Crippen molar-refractivity contribution < 1.29 is 22.7 Å². The molecule has 0 unspecified atom stereocenters. The summed E-state index contributed by atoms with van der Waals surface area (Å²) in [6, 6.07) is 4.62. The van der Waals surface area contributed by atoms with Crippen LogP contribution in [0.4, 0.5) is 4.79 Å². The number of ether oxygens (including phenoxy) is 1. The SMILES string of the molecule is COC(=O)c1ccccc1S(=O)(=O)NC(=O)N1CCC(C)=N1. The third kappa shape index (κ3) is 3.25. The maximum Gasteiger partial charge on any atom is 0.351 e. The van der Waals surface area contributed by atoms with Crippen LogP contribution in [0.2, 0.25) is 0 Å². The molecule has 0 saturated carbocycles. The second-order valence-corrected chi connectivity index (χ2v) is 6.26. The van der Waals surface area contributed by atoms with E-state index in [-0.39, 0.29) is 10.5 Å². The molecule has 2 amide bonds. The molecule has 0 radical (unpaired) electrons. The standard InChI is InChI=1S/C13H15N3O5S/c1-9-7-8-16(14-9)13(18)15-22(19,20)11-6-4-3-5-10(11)12(17)21-2/h3-6H,7-8H2,1-2H3,(H,15,18). The van der Waals surface area contributed by atoms with Gasteiger partial charge in [-0.3, -0.25) is 0 Å². The Balaban J connectivity index is 2.28. The first-order chi connectivity index (χ1) is 10.3. The van der Waals surface area contributed by atoms with Crippen LogP contribution in [0.15, 0.2) is 34.3 Å². The monoisotopic (exact) mass is 325 g/mol. The summed E-state index contributed by atoms with van der Waals surface area (Å²) in [6.07, 6.45) is 0.589. The van der Waals surface area contributed by atoms with Crippen molar-refractivity contribution in [2.24, 2.45) is 5.10 Å². The van der Waals surface area contributed by atoms with E-state index in [0.29, 0.717) is 13.0 Å². The molecule has 0 aromatic heterocycles. The first-order valence-corrected chi connectivity index (χ1v) is 7.89. The van der Waals surface area contributed by atoms with Gasteiger partial charge in [-0.2, -0.15) is 5.10 Å². The number of rotatable bonds is 3. The molecule has 0 bridgehead atoms. The van der Waals surface area contributed by atoms with Crippen molar-refractivity contribution in [2.75, 3.05) is 13.7 Å².